The van der Waals surface area contributed by atoms with Crippen LogP contribution in [0.25, 0.3) is 0 Å². The summed E-state index contributed by atoms with van der Waals surface area (Å²) >= 11 is 1.79. The van der Waals surface area contributed by atoms with Crippen molar-refractivity contribution in [1.82, 2.24) is 15.5 Å². The van der Waals surface area contributed by atoms with Gasteiger partial charge in [-0.2, -0.15) is 0 Å². The lowest BCUT2D eigenvalue weighted by atomic mass is 10.1. The van der Waals surface area contributed by atoms with Crippen molar-refractivity contribution < 1.29 is 0 Å². The van der Waals surface area contributed by atoms with E-state index in [1.807, 2.05) is 0 Å². The van der Waals surface area contributed by atoms with Crippen LogP contribution < -0.4 is 10.6 Å². The second kappa shape index (κ2) is 10.7. The van der Waals surface area contributed by atoms with Gasteiger partial charge in [0.2, 0.25) is 0 Å². The third-order valence-electron chi connectivity index (χ3n) is 3.72. The molecule has 1 aromatic carbocycles. The standard InChI is InChI=1S/C18H26N4S.HI/c1-14-7-5-8-15(11-14)12-20-18(19-2)21-13-16(22(3)4)17-9-6-10-23-17;/h5-11,16H,12-13H2,1-4H3,(H2,19,20,21);1H. The van der Waals surface area contributed by atoms with E-state index in [-0.39, 0.29) is 24.0 Å². The number of hydrogen-bond acceptors (Lipinski definition) is 3. The van der Waals surface area contributed by atoms with Crippen molar-refractivity contribution in [2.24, 2.45) is 4.99 Å². The van der Waals surface area contributed by atoms with E-state index in [1.54, 1.807) is 18.4 Å². The first-order valence-corrected chi connectivity index (χ1v) is 8.68. The number of hydrogen-bond donors (Lipinski definition) is 2. The molecule has 0 aliphatic rings. The first-order valence-electron chi connectivity index (χ1n) is 7.80. The van der Waals surface area contributed by atoms with Gasteiger partial charge in [0.15, 0.2) is 5.96 Å². The maximum Gasteiger partial charge on any atom is 0.191 e. The highest BCUT2D eigenvalue weighted by Crippen LogP contribution is 2.22. The molecule has 0 fully saturated rings. The summed E-state index contributed by atoms with van der Waals surface area (Å²) < 4.78 is 0. The fourth-order valence-electron chi connectivity index (χ4n) is 2.44. The number of nitrogens with zero attached hydrogens (tertiary/aromatic N) is 2. The minimum Gasteiger partial charge on any atom is -0.354 e. The number of guanidine groups is 1. The largest absolute Gasteiger partial charge is 0.354 e. The summed E-state index contributed by atoms with van der Waals surface area (Å²) in [6, 6.07) is 13.1. The maximum absolute atomic E-state index is 4.32. The summed E-state index contributed by atoms with van der Waals surface area (Å²) in [7, 11) is 6.02. The molecule has 1 unspecified atom stereocenters. The van der Waals surface area contributed by atoms with Crippen molar-refractivity contribution in [2.75, 3.05) is 27.7 Å². The molecule has 0 bridgehead atoms. The zero-order valence-corrected chi connectivity index (χ0v) is 17.9. The highest BCUT2D eigenvalue weighted by molar-refractivity contribution is 14.0. The monoisotopic (exact) mass is 458 g/mol. The Morgan fingerprint density at radius 1 is 1.21 bits per heavy atom. The van der Waals surface area contributed by atoms with Crippen molar-refractivity contribution in [1.29, 1.82) is 0 Å². The Balaban J connectivity index is 0.00000288. The van der Waals surface area contributed by atoms with Gasteiger partial charge in [0, 0.05) is 25.0 Å². The lowest BCUT2D eigenvalue weighted by Gasteiger charge is -2.24. The number of benzene rings is 1. The molecule has 132 valence electrons. The van der Waals surface area contributed by atoms with Crippen LogP contribution in [0, 0.1) is 6.92 Å². The number of likely N-dealkylation sites (N-methyl/N-ethyl adjacent to an activating group) is 1. The quantitative estimate of drug-likeness (QED) is 0.395. The van der Waals surface area contributed by atoms with Gasteiger partial charge in [-0.15, -0.1) is 35.3 Å². The van der Waals surface area contributed by atoms with E-state index in [9.17, 15) is 0 Å². The Morgan fingerprint density at radius 2 is 2.00 bits per heavy atom. The molecular formula is C18H27IN4S. The molecule has 2 N–H and O–H groups in total. The van der Waals surface area contributed by atoms with E-state index < -0.39 is 0 Å². The van der Waals surface area contributed by atoms with E-state index in [2.05, 4.69) is 83.3 Å². The number of halogens is 1. The van der Waals surface area contributed by atoms with Gasteiger partial charge < -0.3 is 15.5 Å². The molecule has 1 aromatic heterocycles. The van der Waals surface area contributed by atoms with Crippen LogP contribution in [-0.2, 0) is 6.54 Å². The molecule has 0 aliphatic carbocycles. The Labute approximate surface area is 166 Å². The van der Waals surface area contributed by atoms with Crippen LogP contribution in [0.15, 0.2) is 46.8 Å². The van der Waals surface area contributed by atoms with Crippen LogP contribution in [-0.4, -0.2) is 38.5 Å². The van der Waals surface area contributed by atoms with E-state index in [1.165, 1.54) is 16.0 Å². The molecular weight excluding hydrogens is 431 g/mol. The summed E-state index contributed by atoms with van der Waals surface area (Å²) in [6.07, 6.45) is 0. The van der Waals surface area contributed by atoms with Crippen molar-refractivity contribution in [3.05, 3.63) is 57.8 Å². The van der Waals surface area contributed by atoms with Crippen LogP contribution >= 0.6 is 35.3 Å². The predicted octanol–water partition coefficient (Wildman–Crippen LogP) is 3.64. The Bertz CT molecular complexity index is 626. The molecule has 2 aromatic rings. The third kappa shape index (κ3) is 6.41. The minimum absolute atomic E-state index is 0. The van der Waals surface area contributed by atoms with Crippen LogP contribution in [0.5, 0.6) is 0 Å². The van der Waals surface area contributed by atoms with Crippen molar-refractivity contribution in [3.63, 3.8) is 0 Å². The number of rotatable bonds is 6. The number of aryl methyl sites for hydroxylation is 1. The van der Waals surface area contributed by atoms with E-state index in [0.29, 0.717) is 6.04 Å². The van der Waals surface area contributed by atoms with E-state index in [4.69, 9.17) is 0 Å². The summed E-state index contributed by atoms with van der Waals surface area (Å²) in [5.74, 6) is 0.829. The lowest BCUT2D eigenvalue weighted by Crippen LogP contribution is -2.41. The van der Waals surface area contributed by atoms with Gasteiger partial charge in [-0.05, 0) is 38.0 Å². The number of thiophene rings is 1. The number of nitrogens with one attached hydrogen (secondary N) is 2. The molecule has 0 spiro atoms. The Kier molecular flexibility index (Phi) is 9.31. The van der Waals surface area contributed by atoms with Crippen LogP contribution in [0.2, 0.25) is 0 Å². The van der Waals surface area contributed by atoms with E-state index in [0.717, 1.165) is 19.0 Å². The molecule has 0 saturated heterocycles. The smallest absolute Gasteiger partial charge is 0.191 e. The highest BCUT2D eigenvalue weighted by Gasteiger charge is 2.15. The summed E-state index contributed by atoms with van der Waals surface area (Å²) in [5, 5.41) is 8.93. The first-order chi connectivity index (χ1) is 11.1. The molecule has 0 radical (unpaired) electrons. The topological polar surface area (TPSA) is 39.7 Å². The average Bonchev–Trinajstić information content (AvgIpc) is 3.04. The lowest BCUT2D eigenvalue weighted by molar-refractivity contribution is 0.302. The third-order valence-corrected chi connectivity index (χ3v) is 4.70. The van der Waals surface area contributed by atoms with Gasteiger partial charge >= 0.3 is 0 Å². The van der Waals surface area contributed by atoms with Crippen molar-refractivity contribution in [2.45, 2.75) is 19.5 Å². The van der Waals surface area contributed by atoms with Gasteiger partial charge in [-0.1, -0.05) is 35.9 Å². The number of aliphatic imine (C=N–C) groups is 1. The van der Waals surface area contributed by atoms with E-state index >= 15 is 0 Å². The summed E-state index contributed by atoms with van der Waals surface area (Å²) in [5.41, 5.74) is 2.54. The average molecular weight is 458 g/mol. The first kappa shape index (κ1) is 20.9. The molecule has 0 amide bonds. The Morgan fingerprint density at radius 3 is 2.58 bits per heavy atom. The maximum atomic E-state index is 4.32. The molecule has 1 atom stereocenters. The molecule has 0 saturated carbocycles. The van der Waals surface area contributed by atoms with Gasteiger partial charge in [0.05, 0.1) is 6.04 Å². The minimum atomic E-state index is 0. The van der Waals surface area contributed by atoms with Crippen LogP contribution in [0.1, 0.15) is 22.0 Å². The molecule has 6 heteroatoms. The molecule has 24 heavy (non-hydrogen) atoms. The predicted molar refractivity (Wildman–Crippen MR) is 116 cm³/mol. The molecule has 4 nitrogen and oxygen atoms in total. The van der Waals surface area contributed by atoms with Crippen LogP contribution in [0.3, 0.4) is 0 Å². The fourth-order valence-corrected chi connectivity index (χ4v) is 3.36. The summed E-state index contributed by atoms with van der Waals surface area (Å²) in [4.78, 5) is 7.90. The van der Waals surface area contributed by atoms with Gasteiger partial charge in [0.1, 0.15) is 0 Å². The fraction of sp³-hybridized carbons (Fsp3) is 0.389. The zero-order chi connectivity index (χ0) is 16.7. The van der Waals surface area contributed by atoms with Gasteiger partial charge in [-0.25, -0.2) is 0 Å². The van der Waals surface area contributed by atoms with Crippen molar-refractivity contribution in [3.8, 4) is 0 Å². The van der Waals surface area contributed by atoms with Gasteiger partial charge in [-0.3, -0.25) is 4.99 Å². The molecule has 2 rings (SSSR count). The normalized spacial score (nSPS) is 12.6. The van der Waals surface area contributed by atoms with Crippen LogP contribution in [0.4, 0.5) is 0 Å². The Hall–Kier alpha value is -1.12. The molecule has 0 aliphatic heterocycles. The SMILES string of the molecule is CN=C(NCc1cccc(C)c1)NCC(c1cccs1)N(C)C.I. The highest BCUT2D eigenvalue weighted by atomic mass is 127. The summed E-state index contributed by atoms with van der Waals surface area (Å²) in [6.45, 7) is 3.70. The second-order valence-corrected chi connectivity index (χ2v) is 6.77. The van der Waals surface area contributed by atoms with Gasteiger partial charge in [0.25, 0.3) is 0 Å². The molecule has 1 heterocycles. The zero-order valence-electron chi connectivity index (χ0n) is 14.7. The second-order valence-electron chi connectivity index (χ2n) is 5.79. The van der Waals surface area contributed by atoms with Crippen molar-refractivity contribution >= 4 is 41.3 Å².